The van der Waals surface area contributed by atoms with E-state index < -0.39 is 0 Å². The Morgan fingerprint density at radius 2 is 2.08 bits per heavy atom. The molecule has 3 aromatic rings. The Kier molecular flexibility index (Phi) is 4.21. The standard InChI is InChI=1S/C18H13ClN4OS/c19-14-6-2-1-4-11(14)9-22-18-23-17(24)15(25-18)8-12-10-21-16-13(12)5-3-7-20-16/h1-8,10,24H,9H2,(H,22,23)/b12-8+. The Morgan fingerprint density at radius 1 is 1.20 bits per heavy atom. The van der Waals surface area contributed by atoms with Gasteiger partial charge < -0.3 is 10.4 Å². The zero-order valence-corrected chi connectivity index (χ0v) is 14.6. The van der Waals surface area contributed by atoms with E-state index in [1.165, 1.54) is 11.3 Å². The topological polar surface area (TPSA) is 70.4 Å². The molecule has 0 atom stereocenters. The van der Waals surface area contributed by atoms with Crippen LogP contribution in [0.25, 0.3) is 11.6 Å². The second-order valence-corrected chi connectivity index (χ2v) is 6.82. The summed E-state index contributed by atoms with van der Waals surface area (Å²) in [6.07, 6.45) is 5.32. The molecule has 4 rings (SSSR count). The number of benzene rings is 1. The molecule has 0 bridgehead atoms. The Hall–Kier alpha value is -2.70. The lowest BCUT2D eigenvalue weighted by Crippen LogP contribution is -1.99. The van der Waals surface area contributed by atoms with E-state index >= 15 is 0 Å². The summed E-state index contributed by atoms with van der Waals surface area (Å²) in [6, 6.07) is 11.4. The van der Waals surface area contributed by atoms with Crippen LogP contribution in [0.3, 0.4) is 0 Å². The highest BCUT2D eigenvalue weighted by Crippen LogP contribution is 2.35. The fourth-order valence-corrected chi connectivity index (χ4v) is 3.50. The Morgan fingerprint density at radius 3 is 2.96 bits per heavy atom. The fraction of sp³-hybridized carbons (Fsp3) is 0.0556. The third-order valence-electron chi connectivity index (χ3n) is 3.73. The SMILES string of the molecule is Oc1nc(NCc2ccccc2Cl)sc1/C=C1\C=Nc2ncccc21. The number of halogens is 1. The number of rotatable bonds is 4. The van der Waals surface area contributed by atoms with E-state index in [0.717, 1.165) is 16.7 Å². The molecule has 0 saturated carbocycles. The number of hydrogen-bond acceptors (Lipinski definition) is 6. The van der Waals surface area contributed by atoms with Crippen LogP contribution < -0.4 is 5.32 Å². The molecular formula is C18H13ClN4OS. The van der Waals surface area contributed by atoms with Crippen molar-refractivity contribution in [2.45, 2.75) is 6.54 Å². The van der Waals surface area contributed by atoms with Crippen molar-refractivity contribution in [1.29, 1.82) is 0 Å². The molecule has 0 radical (unpaired) electrons. The molecule has 0 saturated heterocycles. The molecule has 25 heavy (non-hydrogen) atoms. The van der Waals surface area contributed by atoms with Gasteiger partial charge in [0.2, 0.25) is 5.88 Å². The predicted octanol–water partition coefficient (Wildman–Crippen LogP) is 4.77. The summed E-state index contributed by atoms with van der Waals surface area (Å²) in [7, 11) is 0. The van der Waals surface area contributed by atoms with Gasteiger partial charge >= 0.3 is 0 Å². The number of thiazole rings is 1. The summed E-state index contributed by atoms with van der Waals surface area (Å²) in [4.78, 5) is 13.3. The molecular weight excluding hydrogens is 356 g/mol. The zero-order chi connectivity index (χ0) is 17.2. The minimum Gasteiger partial charge on any atom is -0.492 e. The maximum Gasteiger partial charge on any atom is 0.231 e. The molecule has 1 aliphatic rings. The van der Waals surface area contributed by atoms with Crippen LogP contribution in [0.4, 0.5) is 10.9 Å². The van der Waals surface area contributed by atoms with E-state index in [4.69, 9.17) is 11.6 Å². The van der Waals surface area contributed by atoms with E-state index in [9.17, 15) is 5.11 Å². The molecule has 1 aromatic carbocycles. The first-order valence-corrected chi connectivity index (χ1v) is 8.78. The molecule has 3 heterocycles. The monoisotopic (exact) mass is 368 g/mol. The van der Waals surface area contributed by atoms with E-state index in [-0.39, 0.29) is 5.88 Å². The van der Waals surface area contributed by atoms with Crippen LogP contribution in [0.2, 0.25) is 5.02 Å². The minimum absolute atomic E-state index is 0.00935. The van der Waals surface area contributed by atoms with Gasteiger partial charge in [-0.2, -0.15) is 4.98 Å². The van der Waals surface area contributed by atoms with Crippen molar-refractivity contribution >= 4 is 51.8 Å². The quantitative estimate of drug-likeness (QED) is 0.696. The van der Waals surface area contributed by atoms with Gasteiger partial charge in [-0.05, 0) is 29.8 Å². The molecule has 5 nitrogen and oxygen atoms in total. The molecule has 0 spiro atoms. The lowest BCUT2D eigenvalue weighted by atomic mass is 10.1. The summed E-state index contributed by atoms with van der Waals surface area (Å²) in [5.74, 6) is 0.680. The predicted molar refractivity (Wildman–Crippen MR) is 103 cm³/mol. The Labute approximate surface area is 153 Å². The van der Waals surface area contributed by atoms with E-state index in [1.807, 2.05) is 42.5 Å². The van der Waals surface area contributed by atoms with Crippen molar-refractivity contribution in [3.05, 3.63) is 63.6 Å². The number of nitrogens with zero attached hydrogens (tertiary/aromatic N) is 3. The highest BCUT2D eigenvalue weighted by molar-refractivity contribution is 7.16. The Bertz CT molecular complexity index is 996. The molecule has 1 aliphatic heterocycles. The van der Waals surface area contributed by atoms with Crippen molar-refractivity contribution in [3.8, 4) is 5.88 Å². The molecule has 124 valence electrons. The van der Waals surface area contributed by atoms with Crippen LogP contribution in [0.15, 0.2) is 47.6 Å². The van der Waals surface area contributed by atoms with Gasteiger partial charge in [0.05, 0.1) is 4.88 Å². The number of hydrogen-bond donors (Lipinski definition) is 2. The number of aromatic nitrogens is 2. The van der Waals surface area contributed by atoms with Crippen molar-refractivity contribution in [1.82, 2.24) is 9.97 Å². The van der Waals surface area contributed by atoms with Gasteiger partial charge in [-0.15, -0.1) is 0 Å². The number of pyridine rings is 1. The fourth-order valence-electron chi connectivity index (χ4n) is 2.49. The van der Waals surface area contributed by atoms with E-state index in [0.29, 0.717) is 27.4 Å². The van der Waals surface area contributed by atoms with Crippen LogP contribution in [-0.4, -0.2) is 21.3 Å². The number of aliphatic imine (C=N–C) groups is 1. The largest absolute Gasteiger partial charge is 0.492 e. The summed E-state index contributed by atoms with van der Waals surface area (Å²) in [5.41, 5.74) is 2.82. The molecule has 0 fully saturated rings. The van der Waals surface area contributed by atoms with Gasteiger partial charge in [0.15, 0.2) is 10.9 Å². The third-order valence-corrected chi connectivity index (χ3v) is 5.05. The normalized spacial score (nSPS) is 14.0. The average molecular weight is 369 g/mol. The van der Waals surface area contributed by atoms with Crippen LogP contribution in [0.1, 0.15) is 16.0 Å². The second kappa shape index (κ2) is 6.66. The minimum atomic E-state index is -0.00935. The van der Waals surface area contributed by atoms with Gasteiger partial charge in [0.1, 0.15) is 0 Å². The number of fused-ring (bicyclic) bond motifs is 1. The maximum absolute atomic E-state index is 10.1. The number of anilines is 1. The first kappa shape index (κ1) is 15.8. The van der Waals surface area contributed by atoms with E-state index in [2.05, 4.69) is 20.3 Å². The zero-order valence-electron chi connectivity index (χ0n) is 13.0. The molecule has 0 unspecified atom stereocenters. The molecule has 7 heteroatoms. The van der Waals surface area contributed by atoms with Gasteiger partial charge in [-0.1, -0.05) is 41.1 Å². The number of aromatic hydroxyl groups is 1. The van der Waals surface area contributed by atoms with Crippen LogP contribution in [0, 0.1) is 0 Å². The van der Waals surface area contributed by atoms with E-state index in [1.54, 1.807) is 12.4 Å². The first-order valence-electron chi connectivity index (χ1n) is 7.59. The number of nitrogens with one attached hydrogen (secondary N) is 1. The van der Waals surface area contributed by atoms with Crippen molar-refractivity contribution in [3.63, 3.8) is 0 Å². The molecule has 0 amide bonds. The summed E-state index contributed by atoms with van der Waals surface area (Å²) >= 11 is 7.52. The first-order chi connectivity index (χ1) is 12.2. The third kappa shape index (κ3) is 3.26. The maximum atomic E-state index is 10.1. The Balaban J connectivity index is 1.55. The second-order valence-electron chi connectivity index (χ2n) is 5.38. The van der Waals surface area contributed by atoms with Gasteiger partial charge in [-0.25, -0.2) is 9.98 Å². The van der Waals surface area contributed by atoms with Gasteiger partial charge in [0, 0.05) is 35.1 Å². The lowest BCUT2D eigenvalue weighted by Gasteiger charge is -2.04. The van der Waals surface area contributed by atoms with Crippen LogP contribution in [0.5, 0.6) is 5.88 Å². The molecule has 2 aromatic heterocycles. The van der Waals surface area contributed by atoms with Crippen molar-refractivity contribution in [2.24, 2.45) is 4.99 Å². The smallest absolute Gasteiger partial charge is 0.231 e. The van der Waals surface area contributed by atoms with Crippen LogP contribution >= 0.6 is 22.9 Å². The van der Waals surface area contributed by atoms with Gasteiger partial charge in [-0.3, -0.25) is 0 Å². The van der Waals surface area contributed by atoms with Crippen LogP contribution in [-0.2, 0) is 6.54 Å². The summed E-state index contributed by atoms with van der Waals surface area (Å²) < 4.78 is 0. The highest BCUT2D eigenvalue weighted by Gasteiger charge is 2.15. The molecule has 0 aliphatic carbocycles. The summed E-state index contributed by atoms with van der Waals surface area (Å²) in [6.45, 7) is 0.539. The summed E-state index contributed by atoms with van der Waals surface area (Å²) in [5, 5.41) is 14.6. The average Bonchev–Trinajstić information content (AvgIpc) is 3.19. The van der Waals surface area contributed by atoms with Crippen molar-refractivity contribution in [2.75, 3.05) is 5.32 Å². The van der Waals surface area contributed by atoms with Gasteiger partial charge in [0.25, 0.3) is 0 Å². The van der Waals surface area contributed by atoms with Crippen molar-refractivity contribution < 1.29 is 5.11 Å². The number of allylic oxidation sites excluding steroid dienone is 1. The molecule has 2 N–H and O–H groups in total. The lowest BCUT2D eigenvalue weighted by molar-refractivity contribution is 0.456. The highest BCUT2D eigenvalue weighted by atomic mass is 35.5.